The van der Waals surface area contributed by atoms with Crippen molar-refractivity contribution in [2.24, 2.45) is 0 Å². The molecule has 0 saturated heterocycles. The van der Waals surface area contributed by atoms with Crippen molar-refractivity contribution >= 4 is 33.9 Å². The second-order valence-corrected chi connectivity index (χ2v) is 6.17. The number of nitrogens with one attached hydrogen (secondary N) is 1. The lowest BCUT2D eigenvalue weighted by atomic mass is 10.1. The summed E-state index contributed by atoms with van der Waals surface area (Å²) in [4.78, 5) is 0. The summed E-state index contributed by atoms with van der Waals surface area (Å²) in [5.74, 6) is 0. The maximum atomic E-state index is 5.60. The van der Waals surface area contributed by atoms with Crippen LogP contribution < -0.4 is 5.32 Å². The summed E-state index contributed by atoms with van der Waals surface area (Å²) in [5.41, 5.74) is 1.35. The predicted octanol–water partition coefficient (Wildman–Crippen LogP) is 3.43. The van der Waals surface area contributed by atoms with Gasteiger partial charge in [-0.05, 0) is 52.6 Å². The van der Waals surface area contributed by atoms with Gasteiger partial charge in [0.25, 0.3) is 0 Å². The molecule has 0 aromatic carbocycles. The number of halogens is 1. The molecule has 1 rings (SSSR count). The normalized spacial score (nSPS) is 13.0. The molecule has 1 aromatic heterocycles. The van der Waals surface area contributed by atoms with E-state index in [9.17, 15) is 0 Å². The van der Waals surface area contributed by atoms with Gasteiger partial charge in [0.15, 0.2) is 0 Å². The lowest BCUT2D eigenvalue weighted by molar-refractivity contribution is 0.112. The molecule has 0 aliphatic rings. The molecule has 15 heavy (non-hydrogen) atoms. The Morgan fingerprint density at radius 1 is 1.53 bits per heavy atom. The highest BCUT2D eigenvalue weighted by Gasteiger charge is 2.11. The van der Waals surface area contributed by atoms with E-state index in [1.807, 2.05) is 0 Å². The Balaban J connectivity index is 2.49. The van der Waals surface area contributed by atoms with E-state index in [-0.39, 0.29) is 0 Å². The Labute approximate surface area is 110 Å². The Kier molecular flexibility index (Phi) is 6.79. The van der Waals surface area contributed by atoms with Crippen LogP contribution in [0, 0.1) is 2.88 Å². The fraction of sp³-hybridized carbons (Fsp3) is 0.636. The average molecular weight is 339 g/mol. The van der Waals surface area contributed by atoms with Crippen LogP contribution in [0.15, 0.2) is 11.4 Å². The third-order valence-corrected chi connectivity index (χ3v) is 3.88. The van der Waals surface area contributed by atoms with Gasteiger partial charge >= 0.3 is 0 Å². The Morgan fingerprint density at radius 3 is 2.87 bits per heavy atom. The van der Waals surface area contributed by atoms with Gasteiger partial charge in [-0.15, -0.1) is 11.3 Å². The van der Waals surface area contributed by atoms with Crippen LogP contribution in [-0.2, 0) is 4.74 Å². The largest absolute Gasteiger partial charge is 0.379 e. The maximum Gasteiger partial charge on any atom is 0.0661 e. The summed E-state index contributed by atoms with van der Waals surface area (Å²) in [5, 5.41) is 5.66. The zero-order valence-corrected chi connectivity index (χ0v) is 12.2. The number of ether oxygens (including phenoxy) is 1. The lowest BCUT2D eigenvalue weighted by Crippen LogP contribution is -2.25. The first-order valence-electron chi connectivity index (χ1n) is 5.33. The van der Waals surface area contributed by atoms with Crippen molar-refractivity contribution in [2.75, 3.05) is 19.8 Å². The molecule has 0 aliphatic carbocycles. The second kappa shape index (κ2) is 7.60. The minimum Gasteiger partial charge on any atom is -0.379 e. The minimum atomic E-state index is 0.348. The van der Waals surface area contributed by atoms with Crippen molar-refractivity contribution in [3.63, 3.8) is 0 Å². The van der Waals surface area contributed by atoms with E-state index < -0.39 is 0 Å². The third-order valence-electron chi connectivity index (χ3n) is 2.07. The Hall–Kier alpha value is 0.350. The molecule has 2 nitrogen and oxygen atoms in total. The Morgan fingerprint density at radius 2 is 2.33 bits per heavy atom. The van der Waals surface area contributed by atoms with Gasteiger partial charge < -0.3 is 10.1 Å². The summed E-state index contributed by atoms with van der Waals surface area (Å²) in [6, 6.07) is 2.58. The molecule has 0 amide bonds. The first-order chi connectivity index (χ1) is 7.27. The molecule has 0 saturated carbocycles. The molecule has 1 heterocycles. The maximum absolute atomic E-state index is 5.60. The summed E-state index contributed by atoms with van der Waals surface area (Å²) < 4.78 is 6.94. The van der Waals surface area contributed by atoms with Crippen molar-refractivity contribution < 1.29 is 4.74 Å². The molecular formula is C11H18INOS. The van der Waals surface area contributed by atoms with E-state index in [2.05, 4.69) is 53.2 Å². The number of likely N-dealkylation sites (N-methyl/N-ethyl adjacent to an activating group) is 1. The number of rotatable bonds is 7. The second-order valence-electron chi connectivity index (χ2n) is 3.37. The summed E-state index contributed by atoms with van der Waals surface area (Å²) in [6.07, 6.45) is 1.08. The standard InChI is InChI=1S/C11H18INOS/c1-3-5-14-7-10(13-4-2)9-6-11(12)15-8-9/h6,8,10,13H,3-5,7H2,1-2H3. The van der Waals surface area contributed by atoms with Crippen LogP contribution in [0.4, 0.5) is 0 Å². The van der Waals surface area contributed by atoms with Gasteiger partial charge in [0.2, 0.25) is 0 Å². The molecular weight excluding hydrogens is 321 g/mol. The molecule has 0 bridgehead atoms. The van der Waals surface area contributed by atoms with Crippen LogP contribution in [0.1, 0.15) is 31.9 Å². The molecule has 0 aliphatic heterocycles. The summed E-state index contributed by atoms with van der Waals surface area (Å²) in [6.45, 7) is 6.87. The zero-order chi connectivity index (χ0) is 11.1. The first kappa shape index (κ1) is 13.4. The van der Waals surface area contributed by atoms with E-state index >= 15 is 0 Å². The van der Waals surface area contributed by atoms with Crippen molar-refractivity contribution in [2.45, 2.75) is 26.3 Å². The monoisotopic (exact) mass is 339 g/mol. The van der Waals surface area contributed by atoms with Gasteiger partial charge in [-0.2, -0.15) is 0 Å². The lowest BCUT2D eigenvalue weighted by Gasteiger charge is -2.16. The van der Waals surface area contributed by atoms with E-state index in [0.717, 1.165) is 26.2 Å². The number of thiophene rings is 1. The smallest absolute Gasteiger partial charge is 0.0661 e. The highest BCUT2D eigenvalue weighted by atomic mass is 127. The van der Waals surface area contributed by atoms with Gasteiger partial charge in [0.1, 0.15) is 0 Å². The van der Waals surface area contributed by atoms with Gasteiger partial charge in [-0.25, -0.2) is 0 Å². The van der Waals surface area contributed by atoms with Crippen molar-refractivity contribution in [3.8, 4) is 0 Å². The molecule has 1 unspecified atom stereocenters. The molecule has 0 spiro atoms. The van der Waals surface area contributed by atoms with Crippen LogP contribution >= 0.6 is 33.9 Å². The highest BCUT2D eigenvalue weighted by molar-refractivity contribution is 14.1. The molecule has 4 heteroatoms. The molecule has 1 atom stereocenters. The molecule has 86 valence electrons. The molecule has 1 N–H and O–H groups in total. The van der Waals surface area contributed by atoms with Crippen LogP contribution in [0.3, 0.4) is 0 Å². The average Bonchev–Trinajstić information content (AvgIpc) is 2.64. The summed E-state index contributed by atoms with van der Waals surface area (Å²) >= 11 is 4.15. The minimum absolute atomic E-state index is 0.348. The zero-order valence-electron chi connectivity index (χ0n) is 9.25. The molecule has 0 fully saturated rings. The van der Waals surface area contributed by atoms with Crippen LogP contribution in [-0.4, -0.2) is 19.8 Å². The van der Waals surface area contributed by atoms with Gasteiger partial charge in [0.05, 0.1) is 15.5 Å². The fourth-order valence-electron chi connectivity index (χ4n) is 1.37. The number of hydrogen-bond donors (Lipinski definition) is 1. The van der Waals surface area contributed by atoms with Gasteiger partial charge in [-0.1, -0.05) is 13.8 Å². The molecule has 1 aromatic rings. The van der Waals surface area contributed by atoms with E-state index in [1.54, 1.807) is 11.3 Å². The first-order valence-corrected chi connectivity index (χ1v) is 7.28. The molecule has 0 radical (unpaired) electrons. The van der Waals surface area contributed by atoms with Crippen LogP contribution in [0.2, 0.25) is 0 Å². The van der Waals surface area contributed by atoms with Crippen LogP contribution in [0.5, 0.6) is 0 Å². The topological polar surface area (TPSA) is 21.3 Å². The van der Waals surface area contributed by atoms with Crippen molar-refractivity contribution in [1.29, 1.82) is 0 Å². The van der Waals surface area contributed by atoms with E-state index in [0.29, 0.717) is 6.04 Å². The van der Waals surface area contributed by atoms with Crippen molar-refractivity contribution in [1.82, 2.24) is 5.32 Å². The van der Waals surface area contributed by atoms with Crippen LogP contribution in [0.25, 0.3) is 0 Å². The fourth-order valence-corrected chi connectivity index (χ4v) is 2.80. The highest BCUT2D eigenvalue weighted by Crippen LogP contribution is 2.22. The summed E-state index contributed by atoms with van der Waals surface area (Å²) in [7, 11) is 0. The van der Waals surface area contributed by atoms with E-state index in [1.165, 1.54) is 8.45 Å². The van der Waals surface area contributed by atoms with Gasteiger partial charge in [0, 0.05) is 6.61 Å². The van der Waals surface area contributed by atoms with E-state index in [4.69, 9.17) is 4.74 Å². The Bertz CT molecular complexity index is 277. The quantitative estimate of drug-likeness (QED) is 0.607. The SMILES string of the molecule is CCCOCC(NCC)c1csc(I)c1. The van der Waals surface area contributed by atoms with Gasteiger partial charge in [-0.3, -0.25) is 0 Å². The van der Waals surface area contributed by atoms with Crippen molar-refractivity contribution in [3.05, 3.63) is 19.9 Å². The number of hydrogen-bond acceptors (Lipinski definition) is 3. The third kappa shape index (κ3) is 4.80. The predicted molar refractivity (Wildman–Crippen MR) is 74.6 cm³/mol.